The summed E-state index contributed by atoms with van der Waals surface area (Å²) in [4.78, 5) is 12.3. The van der Waals surface area contributed by atoms with Gasteiger partial charge in [0, 0.05) is 18.8 Å². The molecule has 0 bridgehead atoms. The van der Waals surface area contributed by atoms with Gasteiger partial charge in [0.15, 0.2) is 11.6 Å². The molecule has 2 fully saturated rings. The quantitative estimate of drug-likeness (QED) is 0.637. The van der Waals surface area contributed by atoms with Gasteiger partial charge >= 0.3 is 0 Å². The van der Waals surface area contributed by atoms with E-state index < -0.39 is 11.6 Å². The topological polar surface area (TPSA) is 54.0 Å². The van der Waals surface area contributed by atoms with E-state index in [4.69, 9.17) is 18.9 Å². The normalized spacial score (nSPS) is 33.0. The third kappa shape index (κ3) is 6.29. The number of hydrogen-bond donors (Lipinski definition) is 0. The fourth-order valence-corrected chi connectivity index (χ4v) is 3.83. The molecule has 2 aliphatic rings. The van der Waals surface area contributed by atoms with Crippen molar-refractivity contribution in [2.75, 3.05) is 13.2 Å². The Morgan fingerprint density at radius 1 is 0.923 bits per heavy atom. The number of ether oxygens (including phenoxy) is 4. The van der Waals surface area contributed by atoms with E-state index in [1.165, 1.54) is 0 Å². The van der Waals surface area contributed by atoms with Crippen molar-refractivity contribution in [1.29, 1.82) is 0 Å². The molecule has 5 heteroatoms. The zero-order chi connectivity index (χ0) is 19.5. The lowest BCUT2D eigenvalue weighted by Crippen LogP contribution is -2.47. The molecule has 2 rings (SSSR count). The zero-order valence-corrected chi connectivity index (χ0v) is 17.7. The van der Waals surface area contributed by atoms with E-state index >= 15 is 0 Å². The summed E-state index contributed by atoms with van der Waals surface area (Å²) in [6, 6.07) is 0. The van der Waals surface area contributed by atoms with Crippen LogP contribution in [-0.4, -0.2) is 42.8 Å². The van der Waals surface area contributed by atoms with E-state index in [0.717, 1.165) is 12.8 Å². The molecule has 0 aromatic heterocycles. The highest BCUT2D eigenvalue weighted by Crippen LogP contribution is 2.32. The van der Waals surface area contributed by atoms with Crippen LogP contribution in [0.1, 0.15) is 74.1 Å². The molecule has 1 unspecified atom stereocenters. The molecular formula is C21H38O5. The molecule has 0 spiro atoms. The maximum atomic E-state index is 12.3. The summed E-state index contributed by atoms with van der Waals surface area (Å²) in [6.45, 7) is 15.6. The SMILES string of the molecule is C[C@@H]1COC(C)(C)OC1[C@@H](C)CCC(=O)CC[C@@H](C)[C@@H]1COC(C)(C)O1. The van der Waals surface area contributed by atoms with Crippen LogP contribution in [0.5, 0.6) is 0 Å². The Bertz CT molecular complexity index is 473. The molecule has 26 heavy (non-hydrogen) atoms. The van der Waals surface area contributed by atoms with Gasteiger partial charge in [-0.25, -0.2) is 0 Å². The first kappa shape index (κ1) is 21.8. The van der Waals surface area contributed by atoms with Crippen molar-refractivity contribution < 1.29 is 23.7 Å². The second-order valence-corrected chi connectivity index (χ2v) is 9.21. The van der Waals surface area contributed by atoms with Gasteiger partial charge in [0.2, 0.25) is 0 Å². The molecule has 5 atom stereocenters. The van der Waals surface area contributed by atoms with Crippen LogP contribution in [0.15, 0.2) is 0 Å². The Morgan fingerprint density at radius 3 is 2.04 bits per heavy atom. The van der Waals surface area contributed by atoms with Gasteiger partial charge in [-0.05, 0) is 52.4 Å². The minimum atomic E-state index is -0.526. The number of Topliss-reactive ketones (excluding diaryl/α,β-unsaturated/α-hetero) is 1. The van der Waals surface area contributed by atoms with Crippen molar-refractivity contribution in [3.05, 3.63) is 0 Å². The van der Waals surface area contributed by atoms with Crippen LogP contribution in [0.2, 0.25) is 0 Å². The number of rotatable bonds is 8. The smallest absolute Gasteiger partial charge is 0.163 e. The van der Waals surface area contributed by atoms with Crippen LogP contribution in [0, 0.1) is 17.8 Å². The van der Waals surface area contributed by atoms with Crippen molar-refractivity contribution in [2.45, 2.75) is 97.9 Å². The lowest BCUT2D eigenvalue weighted by molar-refractivity contribution is -0.299. The summed E-state index contributed by atoms with van der Waals surface area (Å²) in [5.74, 6) is 0.353. The van der Waals surface area contributed by atoms with Gasteiger partial charge in [-0.1, -0.05) is 20.8 Å². The summed E-state index contributed by atoms with van der Waals surface area (Å²) in [6.07, 6.45) is 3.20. The average Bonchev–Trinajstić information content (AvgIpc) is 2.92. The summed E-state index contributed by atoms with van der Waals surface area (Å²) in [5.41, 5.74) is 0. The molecule has 0 saturated carbocycles. The van der Waals surface area contributed by atoms with Crippen LogP contribution in [-0.2, 0) is 23.7 Å². The first-order valence-electron chi connectivity index (χ1n) is 10.1. The Morgan fingerprint density at radius 2 is 1.46 bits per heavy atom. The van der Waals surface area contributed by atoms with Gasteiger partial charge in [-0.15, -0.1) is 0 Å². The van der Waals surface area contributed by atoms with Gasteiger partial charge < -0.3 is 18.9 Å². The first-order chi connectivity index (χ1) is 12.0. The number of ketones is 1. The van der Waals surface area contributed by atoms with E-state index in [1.807, 2.05) is 27.7 Å². The summed E-state index contributed by atoms with van der Waals surface area (Å²) >= 11 is 0. The minimum Gasteiger partial charge on any atom is -0.350 e. The number of carbonyl (C=O) groups is 1. The van der Waals surface area contributed by atoms with Crippen molar-refractivity contribution in [2.24, 2.45) is 17.8 Å². The molecule has 0 aliphatic carbocycles. The van der Waals surface area contributed by atoms with Crippen molar-refractivity contribution >= 4 is 5.78 Å². The maximum absolute atomic E-state index is 12.3. The van der Waals surface area contributed by atoms with E-state index in [-0.39, 0.29) is 12.2 Å². The number of carbonyl (C=O) groups excluding carboxylic acids is 1. The third-order valence-corrected chi connectivity index (χ3v) is 5.66. The highest BCUT2D eigenvalue weighted by molar-refractivity contribution is 5.78. The van der Waals surface area contributed by atoms with Gasteiger partial charge in [0.05, 0.1) is 25.4 Å². The van der Waals surface area contributed by atoms with Crippen molar-refractivity contribution in [1.82, 2.24) is 0 Å². The monoisotopic (exact) mass is 370 g/mol. The second kappa shape index (κ2) is 8.68. The standard InChI is InChI=1S/C21H38O5/c1-14(18-13-24-20(4,5)25-18)8-10-17(22)11-9-15(2)19-16(3)12-23-21(6,7)26-19/h14-16,18-19H,8-13H2,1-7H3/t14-,15+,16-,18+,19?/m1/s1. The molecule has 0 N–H and O–H groups in total. The first-order valence-corrected chi connectivity index (χ1v) is 10.1. The Hall–Kier alpha value is -0.490. The molecule has 2 saturated heterocycles. The van der Waals surface area contributed by atoms with Crippen molar-refractivity contribution in [3.63, 3.8) is 0 Å². The highest BCUT2D eigenvalue weighted by Gasteiger charge is 2.37. The van der Waals surface area contributed by atoms with Crippen LogP contribution in [0.4, 0.5) is 0 Å². The maximum Gasteiger partial charge on any atom is 0.163 e. The predicted octanol–water partition coefficient (Wildman–Crippen LogP) is 4.33. The van der Waals surface area contributed by atoms with Crippen molar-refractivity contribution in [3.8, 4) is 0 Å². The molecule has 0 radical (unpaired) electrons. The van der Waals surface area contributed by atoms with E-state index in [2.05, 4.69) is 20.8 Å². The molecular weight excluding hydrogens is 332 g/mol. The van der Waals surface area contributed by atoms with Gasteiger partial charge in [-0.3, -0.25) is 4.79 Å². The summed E-state index contributed by atoms with van der Waals surface area (Å²) in [7, 11) is 0. The third-order valence-electron chi connectivity index (χ3n) is 5.66. The summed E-state index contributed by atoms with van der Waals surface area (Å²) < 4.78 is 23.3. The minimum absolute atomic E-state index is 0.0930. The summed E-state index contributed by atoms with van der Waals surface area (Å²) in [5, 5.41) is 0. The van der Waals surface area contributed by atoms with E-state index in [9.17, 15) is 4.79 Å². The Labute approximate surface area is 159 Å². The Balaban J connectivity index is 1.69. The lowest BCUT2D eigenvalue weighted by Gasteiger charge is -2.42. The van der Waals surface area contributed by atoms with E-state index in [1.54, 1.807) is 0 Å². The zero-order valence-electron chi connectivity index (χ0n) is 17.7. The van der Waals surface area contributed by atoms with Crippen LogP contribution < -0.4 is 0 Å². The fourth-order valence-electron chi connectivity index (χ4n) is 3.83. The van der Waals surface area contributed by atoms with Gasteiger partial charge in [-0.2, -0.15) is 0 Å². The fraction of sp³-hybridized carbons (Fsp3) is 0.952. The molecule has 0 amide bonds. The van der Waals surface area contributed by atoms with Gasteiger partial charge in [0.25, 0.3) is 0 Å². The molecule has 2 heterocycles. The molecule has 2 aliphatic heterocycles. The van der Waals surface area contributed by atoms with Crippen LogP contribution >= 0.6 is 0 Å². The molecule has 0 aromatic rings. The predicted molar refractivity (Wildman–Crippen MR) is 101 cm³/mol. The molecule has 0 aromatic carbocycles. The highest BCUT2D eigenvalue weighted by atomic mass is 16.7. The molecule has 152 valence electrons. The largest absolute Gasteiger partial charge is 0.350 e. The second-order valence-electron chi connectivity index (χ2n) is 9.21. The van der Waals surface area contributed by atoms with E-state index in [0.29, 0.717) is 49.6 Å². The average molecular weight is 371 g/mol. The molecule has 5 nitrogen and oxygen atoms in total. The van der Waals surface area contributed by atoms with Crippen LogP contribution in [0.25, 0.3) is 0 Å². The Kier molecular flexibility index (Phi) is 7.28. The lowest BCUT2D eigenvalue weighted by atomic mass is 9.87. The number of hydrogen-bond acceptors (Lipinski definition) is 5. The van der Waals surface area contributed by atoms with Crippen LogP contribution in [0.3, 0.4) is 0 Å². The van der Waals surface area contributed by atoms with Gasteiger partial charge in [0.1, 0.15) is 5.78 Å².